The standard InChI is InChI=1S/C10H11F2NO2/c1-13-4-7-5-14-10-8(12)2-6(11)3-9(10)15-7/h2-3,7,13H,4-5H2,1H3. The number of halogens is 2. The highest BCUT2D eigenvalue weighted by Crippen LogP contribution is 2.34. The van der Waals surface area contributed by atoms with Crippen LogP contribution in [0.4, 0.5) is 8.78 Å². The number of rotatable bonds is 2. The van der Waals surface area contributed by atoms with Gasteiger partial charge >= 0.3 is 0 Å². The maximum absolute atomic E-state index is 13.2. The molecule has 1 aromatic carbocycles. The zero-order chi connectivity index (χ0) is 10.8. The predicted octanol–water partition coefficient (Wildman–Crippen LogP) is 1.32. The van der Waals surface area contributed by atoms with Crippen LogP contribution < -0.4 is 14.8 Å². The summed E-state index contributed by atoms with van der Waals surface area (Å²) in [5.74, 6) is -1.28. The Morgan fingerprint density at radius 1 is 1.47 bits per heavy atom. The molecule has 0 amide bonds. The van der Waals surface area contributed by atoms with E-state index >= 15 is 0 Å². The van der Waals surface area contributed by atoms with E-state index in [1.54, 1.807) is 7.05 Å². The van der Waals surface area contributed by atoms with Crippen molar-refractivity contribution < 1.29 is 18.3 Å². The van der Waals surface area contributed by atoms with Crippen LogP contribution in [0.1, 0.15) is 0 Å². The molecule has 1 aliphatic heterocycles. The molecule has 0 bridgehead atoms. The largest absolute Gasteiger partial charge is 0.483 e. The van der Waals surface area contributed by atoms with Gasteiger partial charge in [-0.2, -0.15) is 0 Å². The first kappa shape index (κ1) is 10.2. The van der Waals surface area contributed by atoms with Crippen LogP contribution in [0, 0.1) is 11.6 Å². The fourth-order valence-corrected chi connectivity index (χ4v) is 1.48. The third-order valence-electron chi connectivity index (χ3n) is 2.11. The fourth-order valence-electron chi connectivity index (χ4n) is 1.48. The molecule has 0 saturated heterocycles. The van der Waals surface area contributed by atoms with Gasteiger partial charge in [0.2, 0.25) is 0 Å². The number of benzene rings is 1. The number of hydrogen-bond acceptors (Lipinski definition) is 3. The van der Waals surface area contributed by atoms with E-state index in [9.17, 15) is 8.78 Å². The molecule has 0 aliphatic carbocycles. The smallest absolute Gasteiger partial charge is 0.197 e. The first-order chi connectivity index (χ1) is 7.20. The molecular formula is C10H11F2NO2. The first-order valence-corrected chi connectivity index (χ1v) is 4.64. The molecule has 5 heteroatoms. The van der Waals surface area contributed by atoms with Gasteiger partial charge in [-0.05, 0) is 7.05 Å². The van der Waals surface area contributed by atoms with Crippen molar-refractivity contribution in [1.29, 1.82) is 0 Å². The van der Waals surface area contributed by atoms with Crippen molar-refractivity contribution >= 4 is 0 Å². The van der Waals surface area contributed by atoms with E-state index in [1.165, 1.54) is 0 Å². The van der Waals surface area contributed by atoms with Gasteiger partial charge in [0.05, 0.1) is 0 Å². The van der Waals surface area contributed by atoms with Crippen molar-refractivity contribution in [2.24, 2.45) is 0 Å². The molecule has 0 saturated carbocycles. The van der Waals surface area contributed by atoms with Gasteiger partial charge in [0.1, 0.15) is 18.5 Å². The van der Waals surface area contributed by atoms with Crippen LogP contribution >= 0.6 is 0 Å². The van der Waals surface area contributed by atoms with E-state index in [0.29, 0.717) is 6.54 Å². The van der Waals surface area contributed by atoms with Crippen molar-refractivity contribution in [3.05, 3.63) is 23.8 Å². The summed E-state index contributed by atoms with van der Waals surface area (Å²) in [5.41, 5.74) is 0. The maximum Gasteiger partial charge on any atom is 0.197 e. The number of nitrogens with one attached hydrogen (secondary N) is 1. The molecule has 2 rings (SSSR count). The van der Waals surface area contributed by atoms with Crippen molar-refractivity contribution in [3.8, 4) is 11.5 Å². The molecule has 1 unspecified atom stereocenters. The Morgan fingerprint density at radius 2 is 2.27 bits per heavy atom. The summed E-state index contributed by atoms with van der Waals surface area (Å²) in [7, 11) is 1.77. The van der Waals surface area contributed by atoms with Crippen LogP contribution in [0.25, 0.3) is 0 Å². The number of likely N-dealkylation sites (N-methyl/N-ethyl adjacent to an activating group) is 1. The summed E-state index contributed by atoms with van der Waals surface area (Å²) in [6.45, 7) is 0.827. The van der Waals surface area contributed by atoms with Gasteiger partial charge in [0.15, 0.2) is 17.3 Å². The zero-order valence-electron chi connectivity index (χ0n) is 8.22. The Labute approximate surface area is 86.0 Å². The van der Waals surface area contributed by atoms with E-state index in [1.807, 2.05) is 0 Å². The average molecular weight is 215 g/mol. The van der Waals surface area contributed by atoms with Gasteiger partial charge in [-0.3, -0.25) is 0 Å². The summed E-state index contributed by atoms with van der Waals surface area (Å²) >= 11 is 0. The zero-order valence-corrected chi connectivity index (χ0v) is 8.22. The molecule has 0 spiro atoms. The van der Waals surface area contributed by atoms with E-state index in [0.717, 1.165) is 12.1 Å². The van der Waals surface area contributed by atoms with E-state index in [4.69, 9.17) is 9.47 Å². The number of ether oxygens (including phenoxy) is 2. The summed E-state index contributed by atoms with van der Waals surface area (Å²) in [6, 6.07) is 1.90. The summed E-state index contributed by atoms with van der Waals surface area (Å²) < 4.78 is 36.6. The molecule has 1 atom stereocenters. The number of hydrogen-bond donors (Lipinski definition) is 1. The van der Waals surface area contributed by atoms with Crippen LogP contribution in [0.15, 0.2) is 12.1 Å². The molecule has 82 valence electrons. The van der Waals surface area contributed by atoms with E-state index < -0.39 is 11.6 Å². The SMILES string of the molecule is CNCC1COc2c(F)cc(F)cc2O1. The quantitative estimate of drug-likeness (QED) is 0.807. The summed E-state index contributed by atoms with van der Waals surface area (Å²) in [4.78, 5) is 0. The minimum Gasteiger partial charge on any atom is -0.483 e. The van der Waals surface area contributed by atoms with Crippen molar-refractivity contribution in [2.45, 2.75) is 6.10 Å². The van der Waals surface area contributed by atoms with Crippen molar-refractivity contribution in [1.82, 2.24) is 5.32 Å². The molecular weight excluding hydrogens is 204 g/mol. The highest BCUT2D eigenvalue weighted by Gasteiger charge is 2.24. The maximum atomic E-state index is 13.2. The molecule has 3 nitrogen and oxygen atoms in total. The Kier molecular flexibility index (Phi) is 2.73. The van der Waals surface area contributed by atoms with Gasteiger partial charge in [0, 0.05) is 18.7 Å². The lowest BCUT2D eigenvalue weighted by molar-refractivity contribution is 0.0869. The molecule has 1 heterocycles. The number of fused-ring (bicyclic) bond motifs is 1. The summed E-state index contributed by atoms with van der Waals surface area (Å²) in [6.07, 6.45) is -0.219. The monoisotopic (exact) mass is 215 g/mol. The first-order valence-electron chi connectivity index (χ1n) is 4.64. The third kappa shape index (κ3) is 2.02. The van der Waals surface area contributed by atoms with Gasteiger partial charge in [-0.15, -0.1) is 0 Å². The predicted molar refractivity (Wildman–Crippen MR) is 50.2 cm³/mol. The summed E-state index contributed by atoms with van der Waals surface area (Å²) in [5, 5.41) is 2.90. The second kappa shape index (κ2) is 4.02. The minimum absolute atomic E-state index is 0.0104. The highest BCUT2D eigenvalue weighted by atomic mass is 19.1. The van der Waals surface area contributed by atoms with Crippen molar-refractivity contribution in [3.63, 3.8) is 0 Å². The third-order valence-corrected chi connectivity index (χ3v) is 2.11. The van der Waals surface area contributed by atoms with Gasteiger partial charge < -0.3 is 14.8 Å². The van der Waals surface area contributed by atoms with Crippen molar-refractivity contribution in [2.75, 3.05) is 20.2 Å². The lowest BCUT2D eigenvalue weighted by Crippen LogP contribution is -2.37. The lowest BCUT2D eigenvalue weighted by atomic mass is 10.2. The average Bonchev–Trinajstić information content (AvgIpc) is 2.17. The molecule has 1 aromatic rings. The molecule has 1 N–H and O–H groups in total. The van der Waals surface area contributed by atoms with Crippen LogP contribution in [0.5, 0.6) is 11.5 Å². The normalized spacial score (nSPS) is 19.0. The Hall–Kier alpha value is -1.36. The van der Waals surface area contributed by atoms with Gasteiger partial charge in [0.25, 0.3) is 0 Å². The fraction of sp³-hybridized carbons (Fsp3) is 0.400. The molecule has 15 heavy (non-hydrogen) atoms. The highest BCUT2D eigenvalue weighted by molar-refractivity contribution is 5.42. The Morgan fingerprint density at radius 3 is 3.00 bits per heavy atom. The molecule has 0 radical (unpaired) electrons. The van der Waals surface area contributed by atoms with Crippen LogP contribution in [0.3, 0.4) is 0 Å². The van der Waals surface area contributed by atoms with E-state index in [-0.39, 0.29) is 24.2 Å². The van der Waals surface area contributed by atoms with Gasteiger partial charge in [-0.1, -0.05) is 0 Å². The molecule has 1 aliphatic rings. The Balaban J connectivity index is 2.25. The molecule has 0 fully saturated rings. The van der Waals surface area contributed by atoms with Crippen LogP contribution in [0.2, 0.25) is 0 Å². The van der Waals surface area contributed by atoms with Crippen LogP contribution in [-0.4, -0.2) is 26.3 Å². The second-order valence-corrected chi connectivity index (χ2v) is 3.32. The minimum atomic E-state index is -0.729. The second-order valence-electron chi connectivity index (χ2n) is 3.32. The van der Waals surface area contributed by atoms with E-state index in [2.05, 4.69) is 5.32 Å². The lowest BCUT2D eigenvalue weighted by Gasteiger charge is -2.26. The van der Waals surface area contributed by atoms with Crippen LogP contribution in [-0.2, 0) is 0 Å². The Bertz CT molecular complexity index is 371. The van der Waals surface area contributed by atoms with Gasteiger partial charge in [-0.25, -0.2) is 8.78 Å². The molecule has 0 aromatic heterocycles. The topological polar surface area (TPSA) is 30.5 Å².